The Kier molecular flexibility index (Phi) is 8.38. The van der Waals surface area contributed by atoms with Crippen LogP contribution in [-0.2, 0) is 16.1 Å². The molecule has 0 unspecified atom stereocenters. The molecule has 0 aliphatic rings. The first-order chi connectivity index (χ1) is 10.2. The number of carbonyl (C=O) groups excluding carboxylic acids is 1. The van der Waals surface area contributed by atoms with E-state index >= 15 is 0 Å². The van der Waals surface area contributed by atoms with Crippen molar-refractivity contribution < 1.29 is 14.3 Å². The van der Waals surface area contributed by atoms with E-state index < -0.39 is 0 Å². The molecular weight excluding hydrogens is 270 g/mol. The highest BCUT2D eigenvalue weighted by atomic mass is 16.5. The SMILES string of the molecule is CCCNCc1nc(C)ccc1OCC(=O)NCCOC. The molecule has 0 aromatic carbocycles. The van der Waals surface area contributed by atoms with Gasteiger partial charge in [-0.25, -0.2) is 0 Å². The summed E-state index contributed by atoms with van der Waals surface area (Å²) in [5, 5.41) is 6.00. The molecule has 0 fully saturated rings. The smallest absolute Gasteiger partial charge is 0.258 e. The minimum absolute atomic E-state index is 0.0186. The van der Waals surface area contributed by atoms with Gasteiger partial charge in [-0.3, -0.25) is 9.78 Å². The minimum atomic E-state index is -0.167. The summed E-state index contributed by atoms with van der Waals surface area (Å²) in [4.78, 5) is 16.1. The number of nitrogens with zero attached hydrogens (tertiary/aromatic N) is 1. The van der Waals surface area contributed by atoms with Gasteiger partial charge >= 0.3 is 0 Å². The third-order valence-electron chi connectivity index (χ3n) is 2.78. The van der Waals surface area contributed by atoms with Crippen LogP contribution < -0.4 is 15.4 Å². The predicted octanol–water partition coefficient (Wildman–Crippen LogP) is 1.03. The Balaban J connectivity index is 2.50. The first-order valence-corrected chi connectivity index (χ1v) is 7.23. The Hall–Kier alpha value is -1.66. The summed E-state index contributed by atoms with van der Waals surface area (Å²) in [5.74, 6) is 0.478. The van der Waals surface area contributed by atoms with Crippen LogP contribution in [0, 0.1) is 6.92 Å². The number of rotatable bonds is 10. The van der Waals surface area contributed by atoms with Crippen LogP contribution in [-0.4, -0.2) is 44.3 Å². The highest BCUT2D eigenvalue weighted by Gasteiger charge is 2.08. The molecule has 0 saturated carbocycles. The fourth-order valence-electron chi connectivity index (χ4n) is 1.73. The standard InChI is InChI=1S/C15H25N3O3/c1-4-7-16-10-13-14(6-5-12(2)18-13)21-11-15(19)17-8-9-20-3/h5-6,16H,4,7-11H2,1-3H3,(H,17,19). The maximum Gasteiger partial charge on any atom is 0.258 e. The van der Waals surface area contributed by atoms with Crippen molar-refractivity contribution in [1.29, 1.82) is 0 Å². The zero-order valence-corrected chi connectivity index (χ0v) is 13.1. The number of hydrogen-bond acceptors (Lipinski definition) is 5. The van der Waals surface area contributed by atoms with Crippen molar-refractivity contribution in [3.63, 3.8) is 0 Å². The molecule has 1 heterocycles. The lowest BCUT2D eigenvalue weighted by molar-refractivity contribution is -0.123. The molecule has 1 aromatic rings. The summed E-state index contributed by atoms with van der Waals surface area (Å²) >= 11 is 0. The largest absolute Gasteiger partial charge is 0.482 e. The molecule has 0 bridgehead atoms. The number of aryl methyl sites for hydroxylation is 1. The van der Waals surface area contributed by atoms with Crippen LogP contribution in [0.1, 0.15) is 24.7 Å². The Labute approximate surface area is 126 Å². The Morgan fingerprint density at radius 2 is 2.14 bits per heavy atom. The Morgan fingerprint density at radius 1 is 1.33 bits per heavy atom. The Morgan fingerprint density at radius 3 is 2.86 bits per heavy atom. The third-order valence-corrected chi connectivity index (χ3v) is 2.78. The molecule has 1 aromatic heterocycles. The second-order valence-corrected chi connectivity index (χ2v) is 4.71. The van der Waals surface area contributed by atoms with Gasteiger partial charge in [-0.05, 0) is 32.0 Å². The lowest BCUT2D eigenvalue weighted by atomic mass is 10.2. The van der Waals surface area contributed by atoms with E-state index in [1.807, 2.05) is 19.1 Å². The van der Waals surface area contributed by atoms with Crippen LogP contribution in [0.5, 0.6) is 5.75 Å². The van der Waals surface area contributed by atoms with Gasteiger partial charge < -0.3 is 20.1 Å². The van der Waals surface area contributed by atoms with Gasteiger partial charge in [0.05, 0.1) is 12.3 Å². The molecule has 0 atom stereocenters. The van der Waals surface area contributed by atoms with E-state index in [0.717, 1.165) is 24.4 Å². The van der Waals surface area contributed by atoms with E-state index in [9.17, 15) is 4.79 Å². The molecule has 6 nitrogen and oxygen atoms in total. The normalized spacial score (nSPS) is 10.4. The summed E-state index contributed by atoms with van der Waals surface area (Å²) in [5.41, 5.74) is 1.76. The number of pyridine rings is 1. The minimum Gasteiger partial charge on any atom is -0.482 e. The number of carbonyl (C=O) groups is 1. The van der Waals surface area contributed by atoms with Gasteiger partial charge in [-0.2, -0.15) is 0 Å². The van der Waals surface area contributed by atoms with Crippen molar-refractivity contribution >= 4 is 5.91 Å². The summed E-state index contributed by atoms with van der Waals surface area (Å²) in [7, 11) is 1.59. The topological polar surface area (TPSA) is 72.5 Å². The lowest BCUT2D eigenvalue weighted by Crippen LogP contribution is -2.31. The fraction of sp³-hybridized carbons (Fsp3) is 0.600. The van der Waals surface area contributed by atoms with Gasteiger partial charge in [0, 0.05) is 25.9 Å². The summed E-state index contributed by atoms with van der Waals surface area (Å²) in [6, 6.07) is 3.73. The first kappa shape index (κ1) is 17.4. The molecule has 1 rings (SSSR count). The molecule has 0 radical (unpaired) electrons. The quantitative estimate of drug-likeness (QED) is 0.631. The zero-order chi connectivity index (χ0) is 15.5. The highest BCUT2D eigenvalue weighted by Crippen LogP contribution is 2.16. The molecule has 0 aliphatic carbocycles. The predicted molar refractivity (Wildman–Crippen MR) is 81.4 cm³/mol. The molecule has 21 heavy (non-hydrogen) atoms. The van der Waals surface area contributed by atoms with Crippen LogP contribution in [0.15, 0.2) is 12.1 Å². The molecule has 2 N–H and O–H groups in total. The van der Waals surface area contributed by atoms with Gasteiger partial charge in [0.1, 0.15) is 5.75 Å². The van der Waals surface area contributed by atoms with Crippen molar-refractivity contribution in [3.8, 4) is 5.75 Å². The molecule has 118 valence electrons. The molecule has 0 saturated heterocycles. The van der Waals surface area contributed by atoms with Crippen LogP contribution in [0.4, 0.5) is 0 Å². The van der Waals surface area contributed by atoms with Gasteiger partial charge in [-0.15, -0.1) is 0 Å². The van der Waals surface area contributed by atoms with Gasteiger partial charge in [0.25, 0.3) is 5.91 Å². The summed E-state index contributed by atoms with van der Waals surface area (Å²) in [6.45, 7) is 6.56. The van der Waals surface area contributed by atoms with Gasteiger partial charge in [0.15, 0.2) is 6.61 Å². The van der Waals surface area contributed by atoms with E-state index in [-0.39, 0.29) is 12.5 Å². The van der Waals surface area contributed by atoms with E-state index in [1.54, 1.807) is 7.11 Å². The zero-order valence-electron chi connectivity index (χ0n) is 13.1. The average Bonchev–Trinajstić information content (AvgIpc) is 2.47. The second-order valence-electron chi connectivity index (χ2n) is 4.71. The van der Waals surface area contributed by atoms with Crippen molar-refractivity contribution in [2.24, 2.45) is 0 Å². The van der Waals surface area contributed by atoms with Gasteiger partial charge in [-0.1, -0.05) is 6.92 Å². The lowest BCUT2D eigenvalue weighted by Gasteiger charge is -2.12. The maximum absolute atomic E-state index is 11.6. The number of methoxy groups -OCH3 is 1. The van der Waals surface area contributed by atoms with Crippen molar-refractivity contribution in [3.05, 3.63) is 23.5 Å². The van der Waals surface area contributed by atoms with Crippen LogP contribution in [0.3, 0.4) is 0 Å². The Bertz CT molecular complexity index is 438. The van der Waals surface area contributed by atoms with Crippen molar-refractivity contribution in [1.82, 2.24) is 15.6 Å². The second kappa shape index (κ2) is 10.1. The maximum atomic E-state index is 11.6. The van der Waals surface area contributed by atoms with E-state index in [1.165, 1.54) is 0 Å². The molecule has 0 spiro atoms. The fourth-order valence-corrected chi connectivity index (χ4v) is 1.73. The number of amides is 1. The van der Waals surface area contributed by atoms with E-state index in [2.05, 4.69) is 22.5 Å². The van der Waals surface area contributed by atoms with E-state index in [4.69, 9.17) is 9.47 Å². The average molecular weight is 295 g/mol. The number of hydrogen-bond donors (Lipinski definition) is 2. The number of ether oxygens (including phenoxy) is 2. The summed E-state index contributed by atoms with van der Waals surface area (Å²) in [6.07, 6.45) is 1.06. The molecular formula is C15H25N3O3. The van der Waals surface area contributed by atoms with E-state index in [0.29, 0.717) is 25.4 Å². The molecule has 0 aliphatic heterocycles. The van der Waals surface area contributed by atoms with Gasteiger partial charge in [0.2, 0.25) is 0 Å². The third kappa shape index (κ3) is 7.06. The van der Waals surface area contributed by atoms with Crippen LogP contribution in [0.25, 0.3) is 0 Å². The molecule has 1 amide bonds. The van der Waals surface area contributed by atoms with Crippen molar-refractivity contribution in [2.75, 3.05) is 33.4 Å². The monoisotopic (exact) mass is 295 g/mol. The van der Waals surface area contributed by atoms with Crippen LogP contribution in [0.2, 0.25) is 0 Å². The summed E-state index contributed by atoms with van der Waals surface area (Å²) < 4.78 is 10.4. The molecule has 6 heteroatoms. The first-order valence-electron chi connectivity index (χ1n) is 7.23. The number of nitrogens with one attached hydrogen (secondary N) is 2. The van der Waals surface area contributed by atoms with Crippen molar-refractivity contribution in [2.45, 2.75) is 26.8 Å². The number of aromatic nitrogens is 1. The van der Waals surface area contributed by atoms with Crippen LogP contribution >= 0.6 is 0 Å². The highest BCUT2D eigenvalue weighted by molar-refractivity contribution is 5.77.